The molecule has 1 unspecified atom stereocenters. The van der Waals surface area contributed by atoms with Crippen LogP contribution < -0.4 is 5.73 Å². The highest BCUT2D eigenvalue weighted by molar-refractivity contribution is 4.78. The Labute approximate surface area is 101 Å². The van der Waals surface area contributed by atoms with Gasteiger partial charge in [-0.05, 0) is 13.5 Å². The minimum absolute atomic E-state index is 0.630. The number of hydrogen-bond acceptors (Lipinski definition) is 3. The smallest absolute Gasteiger partial charge is 0.0219 e. The highest BCUT2D eigenvalue weighted by atomic mass is 15.3. The zero-order valence-electron chi connectivity index (χ0n) is 11.1. The van der Waals surface area contributed by atoms with Crippen molar-refractivity contribution >= 4 is 0 Å². The first-order chi connectivity index (χ1) is 7.77. The number of unbranched alkanes of at least 4 members (excludes halogenated alkanes) is 3. The maximum absolute atomic E-state index is 5.90. The summed E-state index contributed by atoms with van der Waals surface area (Å²) in [4.78, 5) is 4.99. The van der Waals surface area contributed by atoms with Crippen LogP contribution in [0.25, 0.3) is 0 Å². The lowest BCUT2D eigenvalue weighted by molar-refractivity contribution is 0.108. The minimum atomic E-state index is 0.630. The summed E-state index contributed by atoms with van der Waals surface area (Å²) in [6.07, 6.45) is 6.71. The van der Waals surface area contributed by atoms with Gasteiger partial charge in [0, 0.05) is 38.8 Å². The molecule has 0 aromatic heterocycles. The van der Waals surface area contributed by atoms with Crippen molar-refractivity contribution in [2.75, 3.05) is 39.8 Å². The van der Waals surface area contributed by atoms with Gasteiger partial charge in [-0.2, -0.15) is 0 Å². The predicted octanol–water partition coefficient (Wildman–Crippen LogP) is 1.53. The Morgan fingerprint density at radius 1 is 1.06 bits per heavy atom. The van der Waals surface area contributed by atoms with E-state index in [-0.39, 0.29) is 0 Å². The van der Waals surface area contributed by atoms with Crippen LogP contribution in [-0.2, 0) is 0 Å². The molecule has 1 atom stereocenters. The van der Waals surface area contributed by atoms with E-state index in [2.05, 4.69) is 23.8 Å². The molecule has 3 heteroatoms. The maximum atomic E-state index is 5.90. The van der Waals surface area contributed by atoms with Gasteiger partial charge in [-0.3, -0.25) is 4.90 Å². The van der Waals surface area contributed by atoms with Crippen molar-refractivity contribution in [2.24, 2.45) is 5.73 Å². The average molecular weight is 227 g/mol. The van der Waals surface area contributed by atoms with Gasteiger partial charge < -0.3 is 10.6 Å². The van der Waals surface area contributed by atoms with E-state index in [0.717, 1.165) is 6.54 Å². The second-order valence-electron chi connectivity index (χ2n) is 5.08. The highest BCUT2D eigenvalue weighted by Crippen LogP contribution is 2.12. The van der Waals surface area contributed by atoms with Gasteiger partial charge in [0.1, 0.15) is 0 Å². The van der Waals surface area contributed by atoms with Crippen LogP contribution in [0.4, 0.5) is 0 Å². The molecule has 1 saturated heterocycles. The molecule has 0 saturated carbocycles. The first kappa shape index (κ1) is 13.9. The van der Waals surface area contributed by atoms with Crippen molar-refractivity contribution in [2.45, 2.75) is 45.1 Å². The van der Waals surface area contributed by atoms with Crippen molar-refractivity contribution in [3.8, 4) is 0 Å². The van der Waals surface area contributed by atoms with E-state index in [0.29, 0.717) is 6.04 Å². The topological polar surface area (TPSA) is 32.5 Å². The largest absolute Gasteiger partial charge is 0.329 e. The Hall–Kier alpha value is -0.120. The monoisotopic (exact) mass is 227 g/mol. The summed E-state index contributed by atoms with van der Waals surface area (Å²) in [7, 11) is 2.20. The normalized spacial score (nSPS) is 21.2. The molecular weight excluding hydrogens is 198 g/mol. The molecule has 1 heterocycles. The Kier molecular flexibility index (Phi) is 7.01. The quantitative estimate of drug-likeness (QED) is 0.670. The summed E-state index contributed by atoms with van der Waals surface area (Å²) >= 11 is 0. The molecule has 16 heavy (non-hydrogen) atoms. The summed E-state index contributed by atoms with van der Waals surface area (Å²) in [5, 5.41) is 0. The third-order valence-corrected chi connectivity index (χ3v) is 3.72. The van der Waals surface area contributed by atoms with Crippen molar-refractivity contribution in [3.63, 3.8) is 0 Å². The zero-order chi connectivity index (χ0) is 11.8. The Morgan fingerprint density at radius 3 is 2.31 bits per heavy atom. The van der Waals surface area contributed by atoms with Crippen LogP contribution in [0.1, 0.15) is 39.0 Å². The van der Waals surface area contributed by atoms with Gasteiger partial charge >= 0.3 is 0 Å². The van der Waals surface area contributed by atoms with Gasteiger partial charge in [0.05, 0.1) is 0 Å². The van der Waals surface area contributed by atoms with Crippen molar-refractivity contribution < 1.29 is 0 Å². The van der Waals surface area contributed by atoms with E-state index in [1.54, 1.807) is 0 Å². The lowest BCUT2D eigenvalue weighted by Gasteiger charge is -2.37. The van der Waals surface area contributed by atoms with Crippen LogP contribution in [-0.4, -0.2) is 55.6 Å². The summed E-state index contributed by atoms with van der Waals surface area (Å²) in [5.41, 5.74) is 5.90. The number of hydrogen-bond donors (Lipinski definition) is 1. The number of nitrogens with zero attached hydrogens (tertiary/aromatic N) is 2. The van der Waals surface area contributed by atoms with E-state index in [1.165, 1.54) is 58.3 Å². The van der Waals surface area contributed by atoms with Crippen LogP contribution >= 0.6 is 0 Å². The second kappa shape index (κ2) is 8.04. The first-order valence-electron chi connectivity index (χ1n) is 6.90. The molecule has 1 aliphatic heterocycles. The highest BCUT2D eigenvalue weighted by Gasteiger charge is 2.20. The zero-order valence-corrected chi connectivity index (χ0v) is 11.1. The molecule has 0 aromatic rings. The lowest BCUT2D eigenvalue weighted by Crippen LogP contribution is -2.51. The van der Waals surface area contributed by atoms with Crippen LogP contribution in [0.5, 0.6) is 0 Å². The van der Waals surface area contributed by atoms with Crippen LogP contribution in [0.15, 0.2) is 0 Å². The molecule has 0 bridgehead atoms. The standard InChI is InChI=1S/C13H29N3/c1-3-4-5-6-7-13(12-14)16-10-8-15(2)9-11-16/h13H,3-12,14H2,1-2H3. The summed E-state index contributed by atoms with van der Waals surface area (Å²) in [5.74, 6) is 0. The Morgan fingerprint density at radius 2 is 1.75 bits per heavy atom. The van der Waals surface area contributed by atoms with E-state index < -0.39 is 0 Å². The third kappa shape index (κ3) is 4.81. The summed E-state index contributed by atoms with van der Waals surface area (Å²) in [6, 6.07) is 0.630. The van der Waals surface area contributed by atoms with Gasteiger partial charge in [-0.1, -0.05) is 32.6 Å². The number of piperazine rings is 1. The minimum Gasteiger partial charge on any atom is -0.329 e. The molecule has 0 amide bonds. The van der Waals surface area contributed by atoms with Gasteiger partial charge in [0.15, 0.2) is 0 Å². The second-order valence-corrected chi connectivity index (χ2v) is 5.08. The van der Waals surface area contributed by atoms with Crippen molar-refractivity contribution in [1.82, 2.24) is 9.80 Å². The van der Waals surface area contributed by atoms with E-state index in [9.17, 15) is 0 Å². The molecule has 1 fully saturated rings. The molecular formula is C13H29N3. The number of likely N-dealkylation sites (N-methyl/N-ethyl adjacent to an activating group) is 1. The summed E-state index contributed by atoms with van der Waals surface area (Å²) < 4.78 is 0. The molecule has 0 spiro atoms. The van der Waals surface area contributed by atoms with Gasteiger partial charge in [0.25, 0.3) is 0 Å². The van der Waals surface area contributed by atoms with Crippen molar-refractivity contribution in [1.29, 1.82) is 0 Å². The summed E-state index contributed by atoms with van der Waals surface area (Å²) in [6.45, 7) is 7.89. The molecule has 0 radical (unpaired) electrons. The first-order valence-corrected chi connectivity index (χ1v) is 6.90. The molecule has 1 rings (SSSR count). The Balaban J connectivity index is 2.19. The van der Waals surface area contributed by atoms with Crippen LogP contribution in [0.3, 0.4) is 0 Å². The van der Waals surface area contributed by atoms with Crippen molar-refractivity contribution in [3.05, 3.63) is 0 Å². The third-order valence-electron chi connectivity index (χ3n) is 3.72. The molecule has 2 N–H and O–H groups in total. The molecule has 1 aliphatic rings. The van der Waals surface area contributed by atoms with Crippen LogP contribution in [0.2, 0.25) is 0 Å². The average Bonchev–Trinajstić information content (AvgIpc) is 2.31. The molecule has 96 valence electrons. The maximum Gasteiger partial charge on any atom is 0.0219 e. The van der Waals surface area contributed by atoms with E-state index in [1.807, 2.05) is 0 Å². The fourth-order valence-corrected chi connectivity index (χ4v) is 2.44. The van der Waals surface area contributed by atoms with E-state index >= 15 is 0 Å². The number of nitrogens with two attached hydrogens (primary N) is 1. The molecule has 0 aromatic carbocycles. The Bertz CT molecular complexity index is 165. The van der Waals surface area contributed by atoms with Gasteiger partial charge in [-0.15, -0.1) is 0 Å². The molecule has 0 aliphatic carbocycles. The van der Waals surface area contributed by atoms with E-state index in [4.69, 9.17) is 5.73 Å². The fraction of sp³-hybridized carbons (Fsp3) is 1.00. The SMILES string of the molecule is CCCCCCC(CN)N1CCN(C)CC1. The van der Waals surface area contributed by atoms with Gasteiger partial charge in [-0.25, -0.2) is 0 Å². The molecule has 3 nitrogen and oxygen atoms in total. The fourth-order valence-electron chi connectivity index (χ4n) is 2.44. The van der Waals surface area contributed by atoms with Crippen LogP contribution in [0, 0.1) is 0 Å². The predicted molar refractivity (Wildman–Crippen MR) is 70.7 cm³/mol. The lowest BCUT2D eigenvalue weighted by atomic mass is 10.1. The number of rotatable bonds is 7. The van der Waals surface area contributed by atoms with Gasteiger partial charge in [0.2, 0.25) is 0 Å².